The number of rotatable bonds is 5. The van der Waals surface area contributed by atoms with Gasteiger partial charge in [-0.15, -0.1) is 0 Å². The smallest absolute Gasteiger partial charge is 0.200 e. The first kappa shape index (κ1) is 15.5. The van der Waals surface area contributed by atoms with E-state index in [4.69, 9.17) is 11.6 Å². The molecular formula is C15H15ClN2O2S. The molecule has 0 bridgehead atoms. The third-order valence-electron chi connectivity index (χ3n) is 2.78. The van der Waals surface area contributed by atoms with Crippen molar-refractivity contribution in [2.24, 2.45) is 5.10 Å². The van der Waals surface area contributed by atoms with E-state index in [0.717, 1.165) is 5.56 Å². The van der Waals surface area contributed by atoms with Crippen LogP contribution < -0.4 is 4.83 Å². The normalized spacial score (nSPS) is 12.2. The molecule has 0 aliphatic heterocycles. The average molecular weight is 323 g/mol. The highest BCUT2D eigenvalue weighted by molar-refractivity contribution is 7.89. The van der Waals surface area contributed by atoms with Gasteiger partial charge in [-0.05, 0) is 36.8 Å². The summed E-state index contributed by atoms with van der Waals surface area (Å²) in [6.07, 6.45) is 0.587. The van der Waals surface area contributed by atoms with E-state index in [1.54, 1.807) is 6.92 Å². The zero-order valence-electron chi connectivity index (χ0n) is 11.5. The van der Waals surface area contributed by atoms with Crippen LogP contribution in [0.5, 0.6) is 0 Å². The number of halogens is 1. The molecule has 0 amide bonds. The van der Waals surface area contributed by atoms with Crippen molar-refractivity contribution in [3.05, 3.63) is 65.2 Å². The Morgan fingerprint density at radius 2 is 1.71 bits per heavy atom. The van der Waals surface area contributed by atoms with Crippen molar-refractivity contribution < 1.29 is 8.42 Å². The predicted molar refractivity (Wildman–Crippen MR) is 85.0 cm³/mol. The molecule has 0 spiro atoms. The second-order valence-corrected chi connectivity index (χ2v) is 6.66. The summed E-state index contributed by atoms with van der Waals surface area (Å²) in [5, 5.41) is 4.42. The molecular weight excluding hydrogens is 308 g/mol. The minimum Gasteiger partial charge on any atom is -0.200 e. The van der Waals surface area contributed by atoms with Gasteiger partial charge in [0.25, 0.3) is 10.0 Å². The van der Waals surface area contributed by atoms with Crippen molar-refractivity contribution in [3.63, 3.8) is 0 Å². The van der Waals surface area contributed by atoms with Gasteiger partial charge in [0.05, 0.1) is 4.90 Å². The van der Waals surface area contributed by atoms with Crippen LogP contribution in [-0.4, -0.2) is 14.1 Å². The maximum Gasteiger partial charge on any atom is 0.276 e. The van der Waals surface area contributed by atoms with Crippen molar-refractivity contribution in [1.29, 1.82) is 0 Å². The SMILES string of the molecule is C/C(Cc1ccccc1)=N/NS(=O)(=O)c1ccc(Cl)cc1. The van der Waals surface area contributed by atoms with E-state index >= 15 is 0 Å². The minimum atomic E-state index is -3.66. The van der Waals surface area contributed by atoms with Gasteiger partial charge in [-0.25, -0.2) is 4.83 Å². The standard InChI is InChI=1S/C15H15ClN2O2S/c1-12(11-13-5-3-2-4-6-13)17-18-21(19,20)15-9-7-14(16)8-10-15/h2-10,18H,11H2,1H3/b17-12-. The van der Waals surface area contributed by atoms with Crippen LogP contribution in [0.2, 0.25) is 5.02 Å². The fraction of sp³-hybridized carbons (Fsp3) is 0.133. The molecule has 0 saturated carbocycles. The lowest BCUT2D eigenvalue weighted by atomic mass is 10.1. The number of hydrogen-bond donors (Lipinski definition) is 1. The first-order valence-corrected chi connectivity index (χ1v) is 8.18. The quantitative estimate of drug-likeness (QED) is 0.678. The molecule has 0 aliphatic rings. The Morgan fingerprint density at radius 3 is 2.33 bits per heavy atom. The summed E-state index contributed by atoms with van der Waals surface area (Å²) in [7, 11) is -3.66. The van der Waals surface area contributed by atoms with Crippen LogP contribution >= 0.6 is 11.6 Å². The third-order valence-corrected chi connectivity index (χ3v) is 4.26. The van der Waals surface area contributed by atoms with Crippen molar-refractivity contribution in [1.82, 2.24) is 4.83 Å². The molecule has 0 aliphatic carbocycles. The lowest BCUT2D eigenvalue weighted by Gasteiger charge is -2.05. The van der Waals surface area contributed by atoms with E-state index in [-0.39, 0.29) is 4.90 Å². The number of nitrogens with one attached hydrogen (secondary N) is 1. The van der Waals surface area contributed by atoms with Crippen LogP contribution in [0.25, 0.3) is 0 Å². The van der Waals surface area contributed by atoms with Gasteiger partial charge in [0.2, 0.25) is 0 Å². The van der Waals surface area contributed by atoms with E-state index in [1.807, 2.05) is 30.3 Å². The molecule has 21 heavy (non-hydrogen) atoms. The Morgan fingerprint density at radius 1 is 1.10 bits per heavy atom. The maximum atomic E-state index is 12.0. The molecule has 6 heteroatoms. The highest BCUT2D eigenvalue weighted by atomic mass is 35.5. The highest BCUT2D eigenvalue weighted by Gasteiger charge is 2.12. The Balaban J connectivity index is 2.06. The fourth-order valence-electron chi connectivity index (χ4n) is 1.74. The number of nitrogens with zero attached hydrogens (tertiary/aromatic N) is 1. The summed E-state index contributed by atoms with van der Waals surface area (Å²) in [4.78, 5) is 2.36. The lowest BCUT2D eigenvalue weighted by Crippen LogP contribution is -2.20. The van der Waals surface area contributed by atoms with Gasteiger partial charge in [0.15, 0.2) is 0 Å². The molecule has 110 valence electrons. The summed E-state index contributed by atoms with van der Waals surface area (Å²) >= 11 is 5.74. The predicted octanol–water partition coefficient (Wildman–Crippen LogP) is 3.24. The zero-order valence-corrected chi connectivity index (χ0v) is 13.0. The summed E-state index contributed by atoms with van der Waals surface area (Å²) in [6, 6.07) is 15.6. The average Bonchev–Trinajstić information content (AvgIpc) is 2.47. The summed E-state index contributed by atoms with van der Waals surface area (Å²) < 4.78 is 24.1. The molecule has 0 saturated heterocycles. The number of benzene rings is 2. The van der Waals surface area contributed by atoms with Crippen molar-refractivity contribution >= 4 is 27.3 Å². The number of sulfonamides is 1. The van der Waals surface area contributed by atoms with E-state index in [1.165, 1.54) is 24.3 Å². The van der Waals surface area contributed by atoms with E-state index in [2.05, 4.69) is 9.93 Å². The topological polar surface area (TPSA) is 58.5 Å². The molecule has 2 aromatic carbocycles. The van der Waals surface area contributed by atoms with Gasteiger partial charge in [-0.3, -0.25) is 0 Å². The molecule has 0 unspecified atom stereocenters. The maximum absolute atomic E-state index is 12.0. The van der Waals surface area contributed by atoms with Crippen LogP contribution in [0.1, 0.15) is 12.5 Å². The van der Waals surface area contributed by atoms with E-state index in [9.17, 15) is 8.42 Å². The molecule has 0 radical (unpaired) electrons. The summed E-state index contributed by atoms with van der Waals surface area (Å²) in [5.74, 6) is 0. The van der Waals surface area contributed by atoms with Crippen LogP contribution in [0.3, 0.4) is 0 Å². The van der Waals surface area contributed by atoms with Crippen LogP contribution in [0.15, 0.2) is 64.6 Å². The number of hydrogen-bond acceptors (Lipinski definition) is 3. The molecule has 0 heterocycles. The first-order valence-electron chi connectivity index (χ1n) is 6.32. The largest absolute Gasteiger partial charge is 0.276 e. The van der Waals surface area contributed by atoms with Gasteiger partial charge in [-0.2, -0.15) is 13.5 Å². The molecule has 0 aromatic heterocycles. The van der Waals surface area contributed by atoms with Crippen molar-refractivity contribution in [2.75, 3.05) is 0 Å². The molecule has 2 aromatic rings. The summed E-state index contributed by atoms with van der Waals surface area (Å²) in [6.45, 7) is 1.78. The van der Waals surface area contributed by atoms with Crippen LogP contribution in [-0.2, 0) is 16.4 Å². The highest BCUT2D eigenvalue weighted by Crippen LogP contribution is 2.13. The Labute approximate surface area is 129 Å². The Bertz CT molecular complexity index is 726. The Kier molecular flexibility index (Phi) is 4.98. The van der Waals surface area contributed by atoms with Crippen LogP contribution in [0, 0.1) is 0 Å². The van der Waals surface area contributed by atoms with Crippen LogP contribution in [0.4, 0.5) is 0 Å². The molecule has 0 fully saturated rings. The minimum absolute atomic E-state index is 0.128. The number of hydrazone groups is 1. The molecule has 4 nitrogen and oxygen atoms in total. The van der Waals surface area contributed by atoms with Gasteiger partial charge in [-0.1, -0.05) is 41.9 Å². The molecule has 1 N–H and O–H groups in total. The van der Waals surface area contributed by atoms with E-state index < -0.39 is 10.0 Å². The Hall–Kier alpha value is -1.85. The monoisotopic (exact) mass is 322 g/mol. The zero-order chi connectivity index (χ0) is 15.3. The second-order valence-electron chi connectivity index (χ2n) is 4.56. The third kappa shape index (κ3) is 4.58. The van der Waals surface area contributed by atoms with Gasteiger partial charge < -0.3 is 0 Å². The van der Waals surface area contributed by atoms with E-state index in [0.29, 0.717) is 17.2 Å². The van der Waals surface area contributed by atoms with Gasteiger partial charge in [0.1, 0.15) is 0 Å². The first-order chi connectivity index (χ1) is 9.97. The molecule has 2 rings (SSSR count). The van der Waals surface area contributed by atoms with Crippen molar-refractivity contribution in [3.8, 4) is 0 Å². The van der Waals surface area contributed by atoms with Crippen molar-refractivity contribution in [2.45, 2.75) is 18.2 Å². The van der Waals surface area contributed by atoms with Gasteiger partial charge in [0, 0.05) is 17.2 Å². The summed E-state index contributed by atoms with van der Waals surface area (Å²) in [5.41, 5.74) is 1.75. The lowest BCUT2D eigenvalue weighted by molar-refractivity contribution is 0.584. The second kappa shape index (κ2) is 6.74. The van der Waals surface area contributed by atoms with Gasteiger partial charge >= 0.3 is 0 Å². The molecule has 0 atom stereocenters. The fourth-order valence-corrected chi connectivity index (χ4v) is 2.74.